The lowest BCUT2D eigenvalue weighted by Gasteiger charge is -2.27. The SMILES string of the molecule is CCCCCOc1ccc(-c2ccc(OC(=O)c3ccc(C4CCC(C)CC4)c(F)c3F)cc2)c(F)c1. The molecule has 6 heteroatoms. The second-order valence-corrected chi connectivity index (χ2v) is 9.90. The van der Waals surface area contributed by atoms with Crippen LogP contribution in [0.1, 0.15) is 80.6 Å². The van der Waals surface area contributed by atoms with Gasteiger partial charge < -0.3 is 9.47 Å². The van der Waals surface area contributed by atoms with Gasteiger partial charge in [0.25, 0.3) is 0 Å². The van der Waals surface area contributed by atoms with E-state index in [0.717, 1.165) is 44.9 Å². The van der Waals surface area contributed by atoms with Crippen LogP contribution in [0, 0.1) is 23.4 Å². The van der Waals surface area contributed by atoms with Gasteiger partial charge in [0.05, 0.1) is 12.2 Å². The van der Waals surface area contributed by atoms with Gasteiger partial charge in [-0.1, -0.05) is 57.7 Å². The Labute approximate surface area is 216 Å². The second-order valence-electron chi connectivity index (χ2n) is 9.90. The minimum Gasteiger partial charge on any atom is -0.493 e. The summed E-state index contributed by atoms with van der Waals surface area (Å²) in [4.78, 5) is 12.6. The second kappa shape index (κ2) is 12.3. The van der Waals surface area contributed by atoms with Crippen molar-refractivity contribution in [3.05, 3.63) is 83.2 Å². The Morgan fingerprint density at radius 2 is 1.57 bits per heavy atom. The molecule has 0 saturated heterocycles. The van der Waals surface area contributed by atoms with E-state index in [0.29, 0.717) is 35.0 Å². The van der Waals surface area contributed by atoms with Crippen molar-refractivity contribution in [1.82, 2.24) is 0 Å². The summed E-state index contributed by atoms with van der Waals surface area (Å²) in [7, 11) is 0. The molecule has 1 saturated carbocycles. The zero-order valence-electron chi connectivity index (χ0n) is 21.4. The van der Waals surface area contributed by atoms with Crippen LogP contribution in [-0.4, -0.2) is 12.6 Å². The van der Waals surface area contributed by atoms with Gasteiger partial charge in [-0.25, -0.2) is 18.0 Å². The quantitative estimate of drug-likeness (QED) is 0.164. The van der Waals surface area contributed by atoms with Crippen LogP contribution < -0.4 is 9.47 Å². The number of unbranched alkanes of at least 4 members (excludes halogenated alkanes) is 2. The molecule has 196 valence electrons. The molecule has 0 unspecified atom stereocenters. The van der Waals surface area contributed by atoms with Crippen LogP contribution >= 0.6 is 0 Å². The molecule has 3 aromatic carbocycles. The third-order valence-electron chi connectivity index (χ3n) is 7.12. The molecule has 37 heavy (non-hydrogen) atoms. The Morgan fingerprint density at radius 1 is 0.865 bits per heavy atom. The Kier molecular flexibility index (Phi) is 8.91. The molecule has 3 nitrogen and oxygen atoms in total. The van der Waals surface area contributed by atoms with Gasteiger partial charge in [0.15, 0.2) is 11.6 Å². The van der Waals surface area contributed by atoms with Gasteiger partial charge >= 0.3 is 5.97 Å². The predicted molar refractivity (Wildman–Crippen MR) is 139 cm³/mol. The maximum absolute atomic E-state index is 14.8. The number of esters is 1. The lowest BCUT2D eigenvalue weighted by atomic mass is 9.79. The van der Waals surface area contributed by atoms with Crippen molar-refractivity contribution >= 4 is 5.97 Å². The minimum absolute atomic E-state index is 0.0367. The highest BCUT2D eigenvalue weighted by molar-refractivity contribution is 5.91. The number of hydrogen-bond acceptors (Lipinski definition) is 3. The summed E-state index contributed by atoms with van der Waals surface area (Å²) in [5.74, 6) is -2.39. The van der Waals surface area contributed by atoms with E-state index in [1.54, 1.807) is 24.3 Å². The molecule has 1 aliphatic carbocycles. The first-order valence-corrected chi connectivity index (χ1v) is 13.1. The van der Waals surface area contributed by atoms with Gasteiger partial charge in [-0.15, -0.1) is 0 Å². The van der Waals surface area contributed by atoms with E-state index in [9.17, 15) is 18.0 Å². The number of carbonyl (C=O) groups excluding carboxylic acids is 1. The molecule has 0 amide bonds. The third-order valence-corrected chi connectivity index (χ3v) is 7.12. The number of carbonyl (C=O) groups is 1. The molecule has 0 radical (unpaired) electrons. The van der Waals surface area contributed by atoms with E-state index in [1.165, 1.54) is 30.3 Å². The number of rotatable bonds is 9. The van der Waals surface area contributed by atoms with Crippen LogP contribution in [0.4, 0.5) is 13.2 Å². The van der Waals surface area contributed by atoms with E-state index in [2.05, 4.69) is 13.8 Å². The first-order valence-electron chi connectivity index (χ1n) is 13.1. The molecule has 0 N–H and O–H groups in total. The van der Waals surface area contributed by atoms with Crippen LogP contribution in [0.2, 0.25) is 0 Å². The summed E-state index contributed by atoms with van der Waals surface area (Å²) < 4.78 is 55.2. The van der Waals surface area contributed by atoms with Gasteiger partial charge in [-0.2, -0.15) is 0 Å². The molecular weight excluding hydrogens is 477 g/mol. The summed E-state index contributed by atoms with van der Waals surface area (Å²) >= 11 is 0. The van der Waals surface area contributed by atoms with Crippen molar-refractivity contribution in [1.29, 1.82) is 0 Å². The van der Waals surface area contributed by atoms with Gasteiger partial charge in [0.2, 0.25) is 0 Å². The van der Waals surface area contributed by atoms with Crippen LogP contribution in [0.5, 0.6) is 11.5 Å². The fourth-order valence-electron chi connectivity index (χ4n) is 4.83. The van der Waals surface area contributed by atoms with Gasteiger partial charge in [-0.3, -0.25) is 0 Å². The van der Waals surface area contributed by atoms with Crippen LogP contribution in [-0.2, 0) is 0 Å². The molecule has 0 aromatic heterocycles. The zero-order valence-corrected chi connectivity index (χ0v) is 21.4. The number of halogens is 3. The Bertz CT molecular complexity index is 1220. The highest BCUT2D eigenvalue weighted by Crippen LogP contribution is 2.37. The van der Waals surface area contributed by atoms with E-state index >= 15 is 0 Å². The molecule has 1 aliphatic rings. The smallest absolute Gasteiger partial charge is 0.346 e. The minimum atomic E-state index is -1.18. The molecule has 3 aromatic rings. The van der Waals surface area contributed by atoms with Crippen molar-refractivity contribution in [3.63, 3.8) is 0 Å². The monoisotopic (exact) mass is 510 g/mol. The van der Waals surface area contributed by atoms with Crippen LogP contribution in [0.15, 0.2) is 54.6 Å². The summed E-state index contributed by atoms with van der Waals surface area (Å²) in [6.45, 7) is 4.81. The molecule has 0 bridgehead atoms. The summed E-state index contributed by atoms with van der Waals surface area (Å²) in [6.07, 6.45) is 6.63. The predicted octanol–water partition coefficient (Wildman–Crippen LogP) is 8.85. The van der Waals surface area contributed by atoms with E-state index in [4.69, 9.17) is 9.47 Å². The van der Waals surface area contributed by atoms with Crippen molar-refractivity contribution in [3.8, 4) is 22.6 Å². The highest BCUT2D eigenvalue weighted by atomic mass is 19.2. The lowest BCUT2D eigenvalue weighted by molar-refractivity contribution is 0.0728. The molecule has 4 rings (SSSR count). The number of ether oxygens (including phenoxy) is 2. The molecule has 1 fully saturated rings. The fourth-order valence-corrected chi connectivity index (χ4v) is 4.83. The summed E-state index contributed by atoms with van der Waals surface area (Å²) in [5, 5.41) is 0. The van der Waals surface area contributed by atoms with Crippen molar-refractivity contribution in [2.75, 3.05) is 6.61 Å². The molecule has 0 atom stereocenters. The van der Waals surface area contributed by atoms with Crippen LogP contribution in [0.25, 0.3) is 11.1 Å². The summed E-state index contributed by atoms with van der Waals surface area (Å²) in [6, 6.07) is 13.7. The van der Waals surface area contributed by atoms with Crippen LogP contribution in [0.3, 0.4) is 0 Å². The van der Waals surface area contributed by atoms with Gasteiger partial charge in [0.1, 0.15) is 17.3 Å². The molecule has 0 spiro atoms. The first kappa shape index (κ1) is 26.8. The highest BCUT2D eigenvalue weighted by Gasteiger charge is 2.27. The molecule has 0 heterocycles. The standard InChI is InChI=1S/C31H33F3O3/c1-3-4-5-18-36-24-14-15-25(28(32)19-24)21-10-12-23(13-11-21)37-31(35)27-17-16-26(29(33)30(27)34)22-8-6-20(2)7-9-22/h10-17,19-20,22H,3-9,18H2,1-2H3. The lowest BCUT2D eigenvalue weighted by Crippen LogP contribution is -2.16. The van der Waals surface area contributed by atoms with Crippen molar-refractivity contribution < 1.29 is 27.4 Å². The third kappa shape index (κ3) is 6.54. The Hall–Kier alpha value is -3.28. The Morgan fingerprint density at radius 3 is 2.24 bits per heavy atom. The number of hydrogen-bond donors (Lipinski definition) is 0. The largest absolute Gasteiger partial charge is 0.493 e. The van der Waals surface area contributed by atoms with E-state index < -0.39 is 29.0 Å². The zero-order chi connectivity index (χ0) is 26.4. The maximum atomic E-state index is 14.8. The first-order chi connectivity index (χ1) is 17.9. The van der Waals surface area contributed by atoms with Crippen molar-refractivity contribution in [2.24, 2.45) is 5.92 Å². The van der Waals surface area contributed by atoms with E-state index in [-0.39, 0.29) is 11.7 Å². The van der Waals surface area contributed by atoms with E-state index in [1.807, 2.05) is 0 Å². The maximum Gasteiger partial charge on any atom is 0.346 e. The van der Waals surface area contributed by atoms with Gasteiger partial charge in [0, 0.05) is 11.6 Å². The molecule has 0 aliphatic heterocycles. The normalized spacial score (nSPS) is 17.4. The topological polar surface area (TPSA) is 35.5 Å². The average molecular weight is 511 g/mol. The molecular formula is C31H33F3O3. The van der Waals surface area contributed by atoms with Crippen molar-refractivity contribution in [2.45, 2.75) is 64.7 Å². The van der Waals surface area contributed by atoms with Gasteiger partial charge in [-0.05, 0) is 72.6 Å². The average Bonchev–Trinajstić information content (AvgIpc) is 2.89. The fraction of sp³-hybridized carbons (Fsp3) is 0.387. The Balaban J connectivity index is 1.41. The number of benzene rings is 3. The summed E-state index contributed by atoms with van der Waals surface area (Å²) in [5.41, 5.74) is 0.831.